The van der Waals surface area contributed by atoms with Gasteiger partial charge in [-0.05, 0) is 44.5 Å². The molecule has 1 aromatic rings. The van der Waals surface area contributed by atoms with Crippen LogP contribution in [0.25, 0.3) is 0 Å². The third-order valence-electron chi connectivity index (χ3n) is 4.35. The van der Waals surface area contributed by atoms with E-state index in [-0.39, 0.29) is 5.91 Å². The molecule has 1 aromatic carbocycles. The molecular weight excluding hydrogens is 304 g/mol. The Bertz CT molecular complexity index is 600. The Morgan fingerprint density at radius 2 is 1.83 bits per heavy atom. The number of nitrogens with one attached hydrogen (secondary N) is 1. The third-order valence-corrected chi connectivity index (χ3v) is 4.35. The topological polar surface area (TPSA) is 90.2 Å². The van der Waals surface area contributed by atoms with Crippen molar-refractivity contribution < 1.29 is 14.7 Å². The van der Waals surface area contributed by atoms with Gasteiger partial charge in [0.1, 0.15) is 0 Å². The van der Waals surface area contributed by atoms with E-state index in [1.807, 2.05) is 6.07 Å². The van der Waals surface area contributed by atoms with E-state index in [1.165, 1.54) is 0 Å². The molecule has 130 valence electrons. The number of nitriles is 1. The summed E-state index contributed by atoms with van der Waals surface area (Å²) in [5, 5.41) is 21.2. The lowest BCUT2D eigenvalue weighted by Crippen LogP contribution is -2.49. The summed E-state index contributed by atoms with van der Waals surface area (Å²) in [5.74, 6) is -1.24. The molecule has 0 aromatic heterocycles. The summed E-state index contributed by atoms with van der Waals surface area (Å²) in [7, 11) is 0. The summed E-state index contributed by atoms with van der Waals surface area (Å²) in [5.41, 5.74) is -0.142. The van der Waals surface area contributed by atoms with Crippen molar-refractivity contribution in [2.45, 2.75) is 58.9 Å². The van der Waals surface area contributed by atoms with Crippen molar-refractivity contribution in [3.63, 3.8) is 0 Å². The summed E-state index contributed by atoms with van der Waals surface area (Å²) in [6, 6.07) is 7.87. The molecule has 0 spiro atoms. The number of hydrogen-bond donors (Lipinski definition) is 2. The summed E-state index contributed by atoms with van der Waals surface area (Å²) in [6.45, 7) is 5.39. The second-order valence-corrected chi connectivity index (χ2v) is 6.59. The number of carboxylic acids is 1. The van der Waals surface area contributed by atoms with Crippen LogP contribution >= 0.6 is 0 Å². The van der Waals surface area contributed by atoms with E-state index in [0.717, 1.165) is 25.7 Å². The predicted molar refractivity (Wildman–Crippen MR) is 92.6 cm³/mol. The molecule has 0 bridgehead atoms. The van der Waals surface area contributed by atoms with E-state index < -0.39 is 17.4 Å². The predicted octanol–water partition coefficient (Wildman–Crippen LogP) is 3.74. The number of hydrogen-bond acceptors (Lipinski definition) is 3. The monoisotopic (exact) mass is 330 g/mol. The van der Waals surface area contributed by atoms with E-state index in [1.54, 1.807) is 38.1 Å². The van der Waals surface area contributed by atoms with Crippen LogP contribution in [0.4, 0.5) is 0 Å². The number of aliphatic carboxylic acids is 1. The largest absolute Gasteiger partial charge is 0.481 e. The molecule has 0 aliphatic rings. The highest BCUT2D eigenvalue weighted by atomic mass is 16.4. The number of benzene rings is 1. The Kier molecular flexibility index (Phi) is 7.44. The molecule has 5 heteroatoms. The van der Waals surface area contributed by atoms with Crippen LogP contribution in [0.5, 0.6) is 0 Å². The molecule has 0 radical (unpaired) electrons. The van der Waals surface area contributed by atoms with Gasteiger partial charge in [-0.3, -0.25) is 9.59 Å². The first-order valence-corrected chi connectivity index (χ1v) is 8.37. The first-order chi connectivity index (χ1) is 11.3. The average Bonchev–Trinajstić information content (AvgIpc) is 2.57. The summed E-state index contributed by atoms with van der Waals surface area (Å²) in [6.07, 6.45) is 4.73. The molecule has 1 amide bonds. The smallest absolute Gasteiger partial charge is 0.311 e. The van der Waals surface area contributed by atoms with E-state index in [4.69, 9.17) is 5.26 Å². The number of carboxylic acid groups (broad SMARTS) is 1. The second kappa shape index (κ2) is 9.07. The van der Waals surface area contributed by atoms with Crippen LogP contribution in [0.1, 0.15) is 68.8 Å². The third kappa shape index (κ3) is 5.38. The van der Waals surface area contributed by atoms with Crippen LogP contribution < -0.4 is 5.32 Å². The van der Waals surface area contributed by atoms with Crippen LogP contribution in [-0.4, -0.2) is 23.0 Å². The fourth-order valence-corrected chi connectivity index (χ4v) is 2.48. The van der Waals surface area contributed by atoms with Gasteiger partial charge in [-0.15, -0.1) is 0 Å². The first kappa shape index (κ1) is 19.7. The molecule has 0 heterocycles. The number of nitrogens with zero attached hydrogens (tertiary/aromatic N) is 1. The van der Waals surface area contributed by atoms with E-state index in [0.29, 0.717) is 17.5 Å². The Morgan fingerprint density at radius 1 is 1.21 bits per heavy atom. The second-order valence-electron chi connectivity index (χ2n) is 6.59. The van der Waals surface area contributed by atoms with Crippen LogP contribution in [-0.2, 0) is 4.79 Å². The van der Waals surface area contributed by atoms with Crippen LogP contribution in [0.2, 0.25) is 0 Å². The van der Waals surface area contributed by atoms with Gasteiger partial charge in [0.2, 0.25) is 0 Å². The van der Waals surface area contributed by atoms with Gasteiger partial charge in [0.25, 0.3) is 5.91 Å². The van der Waals surface area contributed by atoms with E-state index in [2.05, 4.69) is 12.2 Å². The van der Waals surface area contributed by atoms with Crippen LogP contribution in [0.3, 0.4) is 0 Å². The van der Waals surface area contributed by atoms with Crippen molar-refractivity contribution in [2.24, 2.45) is 5.41 Å². The van der Waals surface area contributed by atoms with Crippen molar-refractivity contribution in [1.82, 2.24) is 5.32 Å². The Labute approximate surface area is 143 Å². The van der Waals surface area contributed by atoms with Gasteiger partial charge >= 0.3 is 5.97 Å². The number of carbonyl (C=O) groups is 2. The lowest BCUT2D eigenvalue weighted by molar-refractivity contribution is -0.148. The van der Waals surface area contributed by atoms with E-state index in [9.17, 15) is 14.7 Å². The number of carbonyl (C=O) groups excluding carboxylic acids is 1. The molecule has 0 aliphatic carbocycles. The SMILES string of the molecule is CCCCCCC(NC(=O)c1ccc(C#N)cc1)C(C)(C)C(=O)O. The van der Waals surface area contributed by atoms with Crippen molar-refractivity contribution in [3.8, 4) is 6.07 Å². The molecule has 0 saturated carbocycles. The van der Waals surface area contributed by atoms with Crippen molar-refractivity contribution in [1.29, 1.82) is 5.26 Å². The van der Waals surface area contributed by atoms with Gasteiger partial charge in [0.15, 0.2) is 0 Å². The number of amides is 1. The Balaban J connectivity index is 2.84. The van der Waals surface area contributed by atoms with Crippen LogP contribution in [0, 0.1) is 16.7 Å². The van der Waals surface area contributed by atoms with Gasteiger partial charge in [-0.2, -0.15) is 5.26 Å². The highest BCUT2D eigenvalue weighted by Gasteiger charge is 2.37. The molecule has 5 nitrogen and oxygen atoms in total. The zero-order valence-corrected chi connectivity index (χ0v) is 14.6. The van der Waals surface area contributed by atoms with Crippen molar-refractivity contribution in [2.75, 3.05) is 0 Å². The number of rotatable bonds is 9. The Hall–Kier alpha value is -2.35. The maximum atomic E-state index is 12.4. The fraction of sp³-hybridized carbons (Fsp3) is 0.526. The Morgan fingerprint density at radius 3 is 2.33 bits per heavy atom. The number of unbranched alkanes of at least 4 members (excludes halogenated alkanes) is 3. The average molecular weight is 330 g/mol. The van der Waals surface area contributed by atoms with Gasteiger partial charge < -0.3 is 10.4 Å². The zero-order valence-electron chi connectivity index (χ0n) is 14.6. The molecule has 24 heavy (non-hydrogen) atoms. The molecule has 0 saturated heterocycles. The molecule has 0 fully saturated rings. The highest BCUT2D eigenvalue weighted by molar-refractivity contribution is 5.95. The summed E-state index contributed by atoms with van der Waals surface area (Å²) in [4.78, 5) is 24.0. The maximum Gasteiger partial charge on any atom is 0.311 e. The van der Waals surface area contributed by atoms with Gasteiger partial charge in [-0.25, -0.2) is 0 Å². The molecule has 0 aliphatic heterocycles. The van der Waals surface area contributed by atoms with Crippen LogP contribution in [0.15, 0.2) is 24.3 Å². The van der Waals surface area contributed by atoms with Gasteiger partial charge in [0.05, 0.1) is 17.0 Å². The molecule has 1 rings (SSSR count). The minimum atomic E-state index is -1.05. The molecule has 2 N–H and O–H groups in total. The maximum absolute atomic E-state index is 12.4. The lowest BCUT2D eigenvalue weighted by Gasteiger charge is -2.31. The minimum Gasteiger partial charge on any atom is -0.481 e. The molecular formula is C19H26N2O3. The van der Waals surface area contributed by atoms with Crippen molar-refractivity contribution in [3.05, 3.63) is 35.4 Å². The first-order valence-electron chi connectivity index (χ1n) is 8.37. The van der Waals surface area contributed by atoms with E-state index >= 15 is 0 Å². The standard InChI is InChI=1S/C19H26N2O3/c1-4-5-6-7-8-16(19(2,3)18(23)24)21-17(22)15-11-9-14(13-20)10-12-15/h9-12,16H,4-8H2,1-3H3,(H,21,22)(H,23,24). The quantitative estimate of drug-likeness (QED) is 0.675. The highest BCUT2D eigenvalue weighted by Crippen LogP contribution is 2.26. The summed E-state index contributed by atoms with van der Waals surface area (Å²) < 4.78 is 0. The normalized spacial score (nSPS) is 12.2. The zero-order chi connectivity index (χ0) is 18.2. The van der Waals surface area contributed by atoms with Gasteiger partial charge in [0, 0.05) is 11.6 Å². The fourth-order valence-electron chi connectivity index (χ4n) is 2.48. The van der Waals surface area contributed by atoms with Crippen molar-refractivity contribution >= 4 is 11.9 Å². The van der Waals surface area contributed by atoms with Gasteiger partial charge in [-0.1, -0.05) is 32.6 Å². The molecule has 1 atom stereocenters. The minimum absolute atomic E-state index is 0.311. The lowest BCUT2D eigenvalue weighted by atomic mass is 9.81. The molecule has 1 unspecified atom stereocenters. The summed E-state index contributed by atoms with van der Waals surface area (Å²) >= 11 is 0.